The van der Waals surface area contributed by atoms with Crippen LogP contribution in [-0.2, 0) is 24.2 Å². The van der Waals surface area contributed by atoms with Crippen molar-refractivity contribution in [2.24, 2.45) is 0 Å². The molecule has 0 rings (SSSR count). The fourth-order valence-corrected chi connectivity index (χ4v) is 2.62. The van der Waals surface area contributed by atoms with Gasteiger partial charge in [-0.05, 0) is 13.8 Å². The fourth-order valence-electron chi connectivity index (χ4n) is 1.14. The predicted molar refractivity (Wildman–Crippen MR) is 58.5 cm³/mol. The zero-order valence-corrected chi connectivity index (χ0v) is 10.6. The van der Waals surface area contributed by atoms with Crippen LogP contribution < -0.4 is 5.32 Å². The van der Waals surface area contributed by atoms with Gasteiger partial charge in [-0.1, -0.05) is 0 Å². The SMILES string of the molecule is CNC(=O)C(C)S(=O)(=O)C(C)CC(=O)OC. The number of nitrogens with one attached hydrogen (secondary N) is 1. The topological polar surface area (TPSA) is 89.5 Å². The summed E-state index contributed by atoms with van der Waals surface area (Å²) in [5, 5.41) is 0.152. The maximum absolute atomic E-state index is 11.8. The molecule has 94 valence electrons. The smallest absolute Gasteiger partial charge is 0.306 e. The van der Waals surface area contributed by atoms with Gasteiger partial charge in [-0.2, -0.15) is 0 Å². The van der Waals surface area contributed by atoms with Crippen LogP contribution in [0, 0.1) is 0 Å². The third-order valence-corrected chi connectivity index (χ3v) is 4.84. The summed E-state index contributed by atoms with van der Waals surface area (Å²) in [6.45, 7) is 2.67. The number of amides is 1. The first-order chi connectivity index (χ1) is 7.27. The third kappa shape index (κ3) is 3.48. The fraction of sp³-hybridized carbons (Fsp3) is 0.778. The van der Waals surface area contributed by atoms with Crippen molar-refractivity contribution in [2.75, 3.05) is 14.2 Å². The first-order valence-electron chi connectivity index (χ1n) is 4.78. The summed E-state index contributed by atoms with van der Waals surface area (Å²) in [5.74, 6) is -1.20. The minimum absolute atomic E-state index is 0.250. The Morgan fingerprint density at radius 3 is 2.19 bits per heavy atom. The monoisotopic (exact) mass is 251 g/mol. The molecule has 0 aliphatic heterocycles. The van der Waals surface area contributed by atoms with Crippen LogP contribution in [0.3, 0.4) is 0 Å². The number of sulfone groups is 1. The summed E-state index contributed by atoms with van der Waals surface area (Å²) >= 11 is 0. The van der Waals surface area contributed by atoms with Crippen LogP contribution in [0.1, 0.15) is 20.3 Å². The molecule has 0 bridgehead atoms. The zero-order valence-electron chi connectivity index (χ0n) is 9.81. The van der Waals surface area contributed by atoms with E-state index in [1.807, 2.05) is 0 Å². The Hall–Kier alpha value is -1.11. The quantitative estimate of drug-likeness (QED) is 0.664. The van der Waals surface area contributed by atoms with Crippen LogP contribution in [0.15, 0.2) is 0 Å². The van der Waals surface area contributed by atoms with Crippen LogP contribution in [0.4, 0.5) is 0 Å². The molecule has 0 aromatic heterocycles. The van der Waals surface area contributed by atoms with Crippen LogP contribution in [-0.4, -0.2) is 45.0 Å². The number of carbonyl (C=O) groups is 2. The van der Waals surface area contributed by atoms with Crippen molar-refractivity contribution in [3.8, 4) is 0 Å². The number of esters is 1. The normalized spacial score (nSPS) is 15.0. The van der Waals surface area contributed by atoms with Gasteiger partial charge in [0, 0.05) is 7.05 Å². The summed E-state index contributed by atoms with van der Waals surface area (Å²) < 4.78 is 28.0. The van der Waals surface area contributed by atoms with Crippen molar-refractivity contribution < 1.29 is 22.7 Å². The van der Waals surface area contributed by atoms with Crippen LogP contribution in [0.25, 0.3) is 0 Å². The van der Waals surface area contributed by atoms with Gasteiger partial charge in [-0.3, -0.25) is 9.59 Å². The van der Waals surface area contributed by atoms with E-state index in [4.69, 9.17) is 0 Å². The summed E-state index contributed by atoms with van der Waals surface area (Å²) in [7, 11) is -1.12. The Bertz CT molecular complexity index is 362. The van der Waals surface area contributed by atoms with Gasteiger partial charge in [0.05, 0.1) is 18.8 Å². The third-order valence-electron chi connectivity index (χ3n) is 2.35. The molecule has 1 amide bonds. The molecule has 1 N–H and O–H groups in total. The molecule has 0 aliphatic carbocycles. The van der Waals surface area contributed by atoms with E-state index in [-0.39, 0.29) is 6.42 Å². The average Bonchev–Trinajstić information content (AvgIpc) is 2.26. The molecule has 0 aromatic carbocycles. The summed E-state index contributed by atoms with van der Waals surface area (Å²) in [5.41, 5.74) is 0. The van der Waals surface area contributed by atoms with E-state index in [0.717, 1.165) is 0 Å². The molecule has 6 nitrogen and oxygen atoms in total. The summed E-state index contributed by atoms with van der Waals surface area (Å²) in [6.07, 6.45) is -0.250. The number of methoxy groups -OCH3 is 1. The summed E-state index contributed by atoms with van der Waals surface area (Å²) in [4.78, 5) is 22.2. The Balaban J connectivity index is 4.79. The van der Waals surface area contributed by atoms with Gasteiger partial charge < -0.3 is 10.1 Å². The van der Waals surface area contributed by atoms with Gasteiger partial charge in [0.25, 0.3) is 0 Å². The van der Waals surface area contributed by atoms with Gasteiger partial charge in [-0.25, -0.2) is 8.42 Å². The van der Waals surface area contributed by atoms with E-state index in [0.29, 0.717) is 0 Å². The molecule has 0 saturated heterocycles. The maximum atomic E-state index is 11.8. The predicted octanol–water partition coefficient (Wildman–Crippen LogP) is -0.513. The second-order valence-corrected chi connectivity index (χ2v) is 6.13. The molecule has 0 spiro atoms. The largest absolute Gasteiger partial charge is 0.469 e. The molecule has 0 saturated carbocycles. The Morgan fingerprint density at radius 2 is 1.81 bits per heavy atom. The Kier molecular flexibility index (Phi) is 5.43. The second-order valence-electron chi connectivity index (χ2n) is 3.44. The molecule has 0 fully saturated rings. The lowest BCUT2D eigenvalue weighted by molar-refractivity contribution is -0.140. The van der Waals surface area contributed by atoms with Gasteiger partial charge >= 0.3 is 5.97 Å². The Labute approximate surface area is 95.3 Å². The minimum Gasteiger partial charge on any atom is -0.469 e. The first kappa shape index (κ1) is 14.9. The van der Waals surface area contributed by atoms with Gasteiger partial charge in [0.15, 0.2) is 9.84 Å². The van der Waals surface area contributed by atoms with Crippen molar-refractivity contribution >= 4 is 21.7 Å². The summed E-state index contributed by atoms with van der Waals surface area (Å²) in [6, 6.07) is 0. The Morgan fingerprint density at radius 1 is 1.31 bits per heavy atom. The minimum atomic E-state index is -3.67. The van der Waals surface area contributed by atoms with Crippen molar-refractivity contribution in [2.45, 2.75) is 30.8 Å². The number of ether oxygens (including phenoxy) is 1. The van der Waals surface area contributed by atoms with Crippen LogP contribution >= 0.6 is 0 Å². The van der Waals surface area contributed by atoms with Crippen LogP contribution in [0.2, 0.25) is 0 Å². The van der Waals surface area contributed by atoms with E-state index in [1.165, 1.54) is 28.0 Å². The lowest BCUT2D eigenvalue weighted by atomic mass is 10.3. The van der Waals surface area contributed by atoms with Crippen molar-refractivity contribution in [1.82, 2.24) is 5.32 Å². The number of hydrogen-bond donors (Lipinski definition) is 1. The van der Waals surface area contributed by atoms with Gasteiger partial charge in [0.1, 0.15) is 5.25 Å². The molecule has 0 aliphatic rings. The standard InChI is InChI=1S/C9H17NO5S/c1-6(5-8(11)15-4)16(13,14)7(2)9(12)10-3/h6-7H,5H2,1-4H3,(H,10,12). The zero-order chi connectivity index (χ0) is 12.9. The molecule has 0 aromatic rings. The van der Waals surface area contributed by atoms with Crippen molar-refractivity contribution in [3.63, 3.8) is 0 Å². The molecular weight excluding hydrogens is 234 g/mol. The average molecular weight is 251 g/mol. The highest BCUT2D eigenvalue weighted by atomic mass is 32.2. The van der Waals surface area contributed by atoms with Crippen molar-refractivity contribution in [3.05, 3.63) is 0 Å². The second kappa shape index (κ2) is 5.83. The van der Waals surface area contributed by atoms with E-state index in [9.17, 15) is 18.0 Å². The van der Waals surface area contributed by atoms with E-state index >= 15 is 0 Å². The number of carbonyl (C=O) groups excluding carboxylic acids is 2. The van der Waals surface area contributed by atoms with Crippen LogP contribution in [0.5, 0.6) is 0 Å². The van der Waals surface area contributed by atoms with Gasteiger partial charge in [0.2, 0.25) is 5.91 Å². The first-order valence-corrected chi connectivity index (χ1v) is 6.39. The lowest BCUT2D eigenvalue weighted by Gasteiger charge is -2.16. The van der Waals surface area contributed by atoms with E-state index in [2.05, 4.69) is 10.1 Å². The molecular formula is C9H17NO5S. The van der Waals surface area contributed by atoms with E-state index < -0.39 is 32.2 Å². The lowest BCUT2D eigenvalue weighted by Crippen LogP contribution is -2.40. The number of rotatable bonds is 5. The molecule has 0 radical (unpaired) electrons. The highest BCUT2D eigenvalue weighted by Crippen LogP contribution is 2.13. The molecule has 2 atom stereocenters. The molecule has 0 heterocycles. The maximum Gasteiger partial charge on any atom is 0.306 e. The highest BCUT2D eigenvalue weighted by Gasteiger charge is 2.33. The van der Waals surface area contributed by atoms with Crippen molar-refractivity contribution in [1.29, 1.82) is 0 Å². The highest BCUT2D eigenvalue weighted by molar-refractivity contribution is 7.93. The molecule has 16 heavy (non-hydrogen) atoms. The number of hydrogen-bond acceptors (Lipinski definition) is 5. The molecule has 7 heteroatoms. The molecule has 2 unspecified atom stereocenters. The van der Waals surface area contributed by atoms with E-state index in [1.54, 1.807) is 0 Å². The van der Waals surface area contributed by atoms with Gasteiger partial charge in [-0.15, -0.1) is 0 Å².